The van der Waals surface area contributed by atoms with Crippen molar-refractivity contribution in [2.45, 2.75) is 32.3 Å². The number of rotatable bonds is 7. The molecule has 0 amide bonds. The molecule has 31 heavy (non-hydrogen) atoms. The van der Waals surface area contributed by atoms with Crippen molar-refractivity contribution in [3.05, 3.63) is 89.5 Å². The highest BCUT2D eigenvalue weighted by Gasteiger charge is 2.19. The Morgan fingerprint density at radius 1 is 0.871 bits per heavy atom. The third-order valence-electron chi connectivity index (χ3n) is 5.96. The van der Waals surface area contributed by atoms with Crippen molar-refractivity contribution in [2.24, 2.45) is 5.92 Å². The van der Waals surface area contributed by atoms with Crippen LogP contribution in [0, 0.1) is 5.92 Å². The predicted molar refractivity (Wildman–Crippen MR) is 132 cm³/mol. The van der Waals surface area contributed by atoms with Gasteiger partial charge in [0.15, 0.2) is 0 Å². The highest BCUT2D eigenvalue weighted by atomic mass is 35.5. The van der Waals surface area contributed by atoms with Gasteiger partial charge in [0.2, 0.25) is 0 Å². The van der Waals surface area contributed by atoms with Crippen LogP contribution >= 0.6 is 12.4 Å². The summed E-state index contributed by atoms with van der Waals surface area (Å²) in [6.45, 7) is 1.80. The third kappa shape index (κ3) is 6.83. The van der Waals surface area contributed by atoms with Gasteiger partial charge in [0.05, 0.1) is 0 Å². The zero-order valence-corrected chi connectivity index (χ0v) is 19.3. The molecule has 2 N–H and O–H groups in total. The maximum absolute atomic E-state index is 6.10. The van der Waals surface area contributed by atoms with Gasteiger partial charge >= 0.3 is 0 Å². The van der Waals surface area contributed by atoms with Crippen molar-refractivity contribution < 1.29 is 10.2 Å². The highest BCUT2D eigenvalue weighted by Crippen LogP contribution is 2.30. The molecule has 3 nitrogen and oxygen atoms in total. The zero-order chi connectivity index (χ0) is 20.1. The first kappa shape index (κ1) is 24.9. The highest BCUT2D eigenvalue weighted by molar-refractivity contribution is 5.85. The van der Waals surface area contributed by atoms with Crippen LogP contribution in [-0.4, -0.2) is 31.0 Å². The summed E-state index contributed by atoms with van der Waals surface area (Å²) in [6, 6.07) is 25.9. The van der Waals surface area contributed by atoms with Crippen LogP contribution in [0.15, 0.2) is 72.8 Å². The summed E-state index contributed by atoms with van der Waals surface area (Å²) >= 11 is 0. The van der Waals surface area contributed by atoms with Crippen LogP contribution in [0.25, 0.3) is 11.1 Å². The fourth-order valence-electron chi connectivity index (χ4n) is 4.17. The molecular weight excluding hydrogens is 406 g/mol. The first-order valence-corrected chi connectivity index (χ1v) is 10.7. The second kappa shape index (κ2) is 11.9. The van der Waals surface area contributed by atoms with Crippen LogP contribution in [-0.2, 0) is 19.4 Å². The van der Waals surface area contributed by atoms with Crippen LogP contribution in [0.3, 0.4) is 0 Å². The molecule has 0 unspecified atom stereocenters. The number of benzene rings is 3. The number of hydrogen-bond donors (Lipinski definition) is 0. The summed E-state index contributed by atoms with van der Waals surface area (Å²) in [6.07, 6.45) is 4.98. The standard InChI is InChI=1S/C27H31NO.ClH.H2O/c1-28(2)17-16-21-8-13-26-19-27(15-14-25(26)18-21)29-20-22-9-11-24(12-10-22)23-6-4-3-5-7-23;;/h3-7,9-12,14-15,19,21H,8,13,16-18,20H2,1-2H3;1H;1H2/t21-;;/m1../s1. The topological polar surface area (TPSA) is 44.0 Å². The molecule has 0 radical (unpaired) electrons. The van der Waals surface area contributed by atoms with Gasteiger partial charge in [0.1, 0.15) is 12.4 Å². The van der Waals surface area contributed by atoms with E-state index in [1.807, 2.05) is 6.07 Å². The summed E-state index contributed by atoms with van der Waals surface area (Å²) in [4.78, 5) is 2.29. The lowest BCUT2D eigenvalue weighted by atomic mass is 9.82. The molecule has 0 saturated carbocycles. The van der Waals surface area contributed by atoms with Gasteiger partial charge in [-0.1, -0.05) is 60.7 Å². The molecule has 3 aromatic carbocycles. The fourth-order valence-corrected chi connectivity index (χ4v) is 4.17. The summed E-state index contributed by atoms with van der Waals surface area (Å²) in [5.41, 5.74) is 6.68. The zero-order valence-electron chi connectivity index (χ0n) is 18.5. The van der Waals surface area contributed by atoms with Crippen molar-refractivity contribution in [1.82, 2.24) is 4.90 Å². The van der Waals surface area contributed by atoms with Gasteiger partial charge in [-0.2, -0.15) is 0 Å². The lowest BCUT2D eigenvalue weighted by Gasteiger charge is -2.26. The third-order valence-corrected chi connectivity index (χ3v) is 5.96. The van der Waals surface area contributed by atoms with Crippen LogP contribution in [0.4, 0.5) is 0 Å². The minimum absolute atomic E-state index is 0. The molecular formula is C27H34ClNO2. The number of aryl methyl sites for hydroxylation is 1. The van der Waals surface area contributed by atoms with E-state index in [1.165, 1.54) is 60.0 Å². The summed E-state index contributed by atoms with van der Waals surface area (Å²) < 4.78 is 6.10. The first-order valence-electron chi connectivity index (χ1n) is 10.7. The normalized spacial score (nSPS) is 14.9. The lowest BCUT2D eigenvalue weighted by molar-refractivity contribution is 0.304. The molecule has 0 fully saturated rings. The quantitative estimate of drug-likeness (QED) is 0.481. The van der Waals surface area contributed by atoms with Gasteiger partial charge in [-0.15, -0.1) is 12.4 Å². The number of ether oxygens (including phenoxy) is 1. The van der Waals surface area contributed by atoms with Crippen molar-refractivity contribution in [2.75, 3.05) is 20.6 Å². The van der Waals surface area contributed by atoms with Crippen LogP contribution in [0.2, 0.25) is 0 Å². The molecule has 4 heteroatoms. The Balaban J connectivity index is 0.00000171. The van der Waals surface area contributed by atoms with Gasteiger partial charge in [-0.05, 0) is 92.2 Å². The molecule has 4 rings (SSSR count). The second-order valence-electron chi connectivity index (χ2n) is 8.48. The van der Waals surface area contributed by atoms with E-state index < -0.39 is 0 Å². The van der Waals surface area contributed by atoms with Crippen LogP contribution in [0.5, 0.6) is 5.75 Å². The van der Waals surface area contributed by atoms with Gasteiger partial charge in [0, 0.05) is 0 Å². The molecule has 1 aliphatic carbocycles. The Morgan fingerprint density at radius 3 is 2.29 bits per heavy atom. The van der Waals surface area contributed by atoms with E-state index in [-0.39, 0.29) is 17.9 Å². The molecule has 0 heterocycles. The number of hydrogen-bond acceptors (Lipinski definition) is 2. The van der Waals surface area contributed by atoms with Gasteiger partial charge in [-0.3, -0.25) is 0 Å². The molecule has 0 saturated heterocycles. The van der Waals surface area contributed by atoms with Crippen LogP contribution < -0.4 is 4.74 Å². The van der Waals surface area contributed by atoms with Crippen LogP contribution in [0.1, 0.15) is 29.5 Å². The van der Waals surface area contributed by atoms with Gasteiger partial charge < -0.3 is 15.1 Å². The number of fused-ring (bicyclic) bond motifs is 1. The Hall–Kier alpha value is -2.33. The molecule has 166 valence electrons. The Bertz CT molecular complexity index is 926. The lowest BCUT2D eigenvalue weighted by Crippen LogP contribution is -2.21. The average Bonchev–Trinajstić information content (AvgIpc) is 2.77. The molecule has 0 aromatic heterocycles. The van der Waals surface area contributed by atoms with E-state index in [9.17, 15) is 0 Å². The molecule has 1 atom stereocenters. The van der Waals surface area contributed by atoms with Gasteiger partial charge in [-0.25, -0.2) is 0 Å². The molecule has 1 aliphatic rings. The Morgan fingerprint density at radius 2 is 1.58 bits per heavy atom. The summed E-state index contributed by atoms with van der Waals surface area (Å²) in [5.74, 6) is 1.81. The summed E-state index contributed by atoms with van der Waals surface area (Å²) in [5, 5.41) is 0. The average molecular weight is 440 g/mol. The van der Waals surface area contributed by atoms with E-state index in [1.54, 1.807) is 0 Å². The Labute approximate surface area is 192 Å². The van der Waals surface area contributed by atoms with E-state index >= 15 is 0 Å². The van der Waals surface area contributed by atoms with Crippen molar-refractivity contribution in [1.29, 1.82) is 0 Å². The molecule has 0 bridgehead atoms. The maximum atomic E-state index is 6.10. The Kier molecular flexibility index (Phi) is 9.57. The van der Waals surface area contributed by atoms with E-state index in [0.29, 0.717) is 6.61 Å². The number of halogens is 1. The predicted octanol–water partition coefficient (Wildman–Crippen LogP) is 5.59. The van der Waals surface area contributed by atoms with Crippen molar-refractivity contribution in [3.8, 4) is 16.9 Å². The van der Waals surface area contributed by atoms with E-state index in [2.05, 4.69) is 85.7 Å². The van der Waals surface area contributed by atoms with E-state index in [4.69, 9.17) is 4.74 Å². The largest absolute Gasteiger partial charge is 0.489 e. The molecule has 0 aliphatic heterocycles. The SMILES string of the molecule is CN(C)CC[C@H]1CCc2cc(OCc3ccc(-c4ccccc4)cc3)ccc2C1.Cl.O. The second-order valence-corrected chi connectivity index (χ2v) is 8.48. The first-order chi connectivity index (χ1) is 14.2. The smallest absolute Gasteiger partial charge is 0.120 e. The van der Waals surface area contributed by atoms with Crippen molar-refractivity contribution in [3.63, 3.8) is 0 Å². The summed E-state index contributed by atoms with van der Waals surface area (Å²) in [7, 11) is 4.32. The molecule has 3 aromatic rings. The monoisotopic (exact) mass is 439 g/mol. The minimum atomic E-state index is 0. The number of nitrogens with zero attached hydrogens (tertiary/aromatic N) is 1. The maximum Gasteiger partial charge on any atom is 0.120 e. The molecule has 0 spiro atoms. The minimum Gasteiger partial charge on any atom is -0.489 e. The van der Waals surface area contributed by atoms with E-state index in [0.717, 1.165) is 11.7 Å². The van der Waals surface area contributed by atoms with Crippen molar-refractivity contribution >= 4 is 12.4 Å². The fraction of sp³-hybridized carbons (Fsp3) is 0.333. The van der Waals surface area contributed by atoms with Gasteiger partial charge in [0.25, 0.3) is 0 Å².